The van der Waals surface area contributed by atoms with E-state index in [1.807, 2.05) is 36.4 Å². The topological polar surface area (TPSA) is 12.0 Å². The third-order valence-electron chi connectivity index (χ3n) is 2.40. The van der Waals surface area contributed by atoms with Crippen molar-refractivity contribution < 1.29 is 0 Å². The Labute approximate surface area is 115 Å². The lowest BCUT2D eigenvalue weighted by molar-refractivity contribution is 1.46. The van der Waals surface area contributed by atoms with E-state index in [4.69, 9.17) is 12.2 Å². The monoisotopic (exact) mass is 305 g/mol. The van der Waals surface area contributed by atoms with Crippen LogP contribution < -0.4 is 5.32 Å². The minimum atomic E-state index is 0.737. The molecule has 86 valence electrons. The smallest absolute Gasteiger partial charge is 0.111 e. The molecule has 0 aliphatic heterocycles. The van der Waals surface area contributed by atoms with E-state index >= 15 is 0 Å². The van der Waals surface area contributed by atoms with Gasteiger partial charge in [0, 0.05) is 10.0 Å². The maximum Gasteiger partial charge on any atom is 0.111 e. The number of aryl methyl sites for hydroxylation is 1. The summed E-state index contributed by atoms with van der Waals surface area (Å²) in [6.45, 7) is 2.06. The van der Waals surface area contributed by atoms with Crippen LogP contribution >= 0.6 is 28.1 Å². The predicted octanol–water partition coefficient (Wildman–Crippen LogP) is 4.55. The number of rotatable bonds is 2. The molecule has 0 spiro atoms. The Morgan fingerprint density at radius 1 is 1.12 bits per heavy atom. The van der Waals surface area contributed by atoms with E-state index in [2.05, 4.69) is 40.3 Å². The molecule has 0 saturated heterocycles. The molecule has 0 aliphatic rings. The largest absolute Gasteiger partial charge is 0.345 e. The fourth-order valence-corrected chi connectivity index (χ4v) is 2.16. The Morgan fingerprint density at radius 2 is 1.88 bits per heavy atom. The quantitative estimate of drug-likeness (QED) is 0.817. The minimum absolute atomic E-state index is 0.737. The number of halogens is 1. The van der Waals surface area contributed by atoms with Crippen molar-refractivity contribution in [2.24, 2.45) is 0 Å². The number of hydrogen-bond donors (Lipinski definition) is 1. The second-order valence-electron chi connectivity index (χ2n) is 3.80. The van der Waals surface area contributed by atoms with Gasteiger partial charge in [0.25, 0.3) is 0 Å². The van der Waals surface area contributed by atoms with Gasteiger partial charge in [0.1, 0.15) is 4.99 Å². The summed E-state index contributed by atoms with van der Waals surface area (Å²) in [5.74, 6) is 0. The van der Waals surface area contributed by atoms with Crippen LogP contribution in [-0.4, -0.2) is 4.99 Å². The van der Waals surface area contributed by atoms with Gasteiger partial charge in [0.05, 0.1) is 5.69 Å². The van der Waals surface area contributed by atoms with E-state index in [1.165, 1.54) is 5.56 Å². The molecule has 3 heteroatoms. The van der Waals surface area contributed by atoms with Crippen LogP contribution in [0.5, 0.6) is 0 Å². The molecule has 0 bridgehead atoms. The number of para-hydroxylation sites is 1. The van der Waals surface area contributed by atoms with Gasteiger partial charge in [0.15, 0.2) is 0 Å². The van der Waals surface area contributed by atoms with Gasteiger partial charge >= 0.3 is 0 Å². The van der Waals surface area contributed by atoms with E-state index in [0.717, 1.165) is 20.7 Å². The Morgan fingerprint density at radius 3 is 2.59 bits per heavy atom. The summed E-state index contributed by atoms with van der Waals surface area (Å²) >= 11 is 8.88. The van der Waals surface area contributed by atoms with Crippen molar-refractivity contribution in [2.75, 3.05) is 5.32 Å². The highest BCUT2D eigenvalue weighted by Crippen LogP contribution is 2.22. The van der Waals surface area contributed by atoms with E-state index < -0.39 is 0 Å². The zero-order valence-electron chi connectivity index (χ0n) is 9.41. The van der Waals surface area contributed by atoms with E-state index in [9.17, 15) is 0 Å². The van der Waals surface area contributed by atoms with Gasteiger partial charge < -0.3 is 5.32 Å². The van der Waals surface area contributed by atoms with Gasteiger partial charge in [-0.1, -0.05) is 48.1 Å². The molecule has 0 unspecified atom stereocenters. The first kappa shape index (κ1) is 12.3. The molecule has 0 radical (unpaired) electrons. The molecular formula is C14H12BrNS. The van der Waals surface area contributed by atoms with Crippen LogP contribution in [0.15, 0.2) is 53.0 Å². The summed E-state index contributed by atoms with van der Waals surface area (Å²) < 4.78 is 1.01. The van der Waals surface area contributed by atoms with Gasteiger partial charge in [-0.15, -0.1) is 0 Å². The first-order chi connectivity index (χ1) is 8.16. The Balaban J connectivity index is 2.20. The zero-order chi connectivity index (χ0) is 12.3. The van der Waals surface area contributed by atoms with Crippen molar-refractivity contribution in [3.8, 4) is 0 Å². The highest BCUT2D eigenvalue weighted by Gasteiger charge is 2.03. The molecule has 2 aromatic rings. The Hall–Kier alpha value is -1.19. The van der Waals surface area contributed by atoms with Crippen LogP contribution in [0.25, 0.3) is 0 Å². The standard InChI is InChI=1S/C14H12BrNS/c1-10-5-4-6-11(9-10)14(17)16-13-8-3-2-7-12(13)15/h2-9H,1H3,(H,16,17). The van der Waals surface area contributed by atoms with Crippen LogP contribution in [0.2, 0.25) is 0 Å². The van der Waals surface area contributed by atoms with Crippen molar-refractivity contribution >= 4 is 38.8 Å². The van der Waals surface area contributed by atoms with Crippen LogP contribution in [0, 0.1) is 6.92 Å². The van der Waals surface area contributed by atoms with Crippen LogP contribution in [0.4, 0.5) is 5.69 Å². The molecule has 0 aromatic heterocycles. The molecule has 2 aromatic carbocycles. The summed E-state index contributed by atoms with van der Waals surface area (Å²) in [6, 6.07) is 16.1. The number of hydrogen-bond acceptors (Lipinski definition) is 1. The fourth-order valence-electron chi connectivity index (χ4n) is 1.54. The molecule has 17 heavy (non-hydrogen) atoms. The Kier molecular flexibility index (Phi) is 3.92. The molecule has 1 nitrogen and oxygen atoms in total. The van der Waals surface area contributed by atoms with Crippen molar-refractivity contribution in [1.82, 2.24) is 0 Å². The van der Waals surface area contributed by atoms with Crippen LogP contribution in [0.1, 0.15) is 11.1 Å². The SMILES string of the molecule is Cc1cccc(C(=S)Nc2ccccc2Br)c1. The molecular weight excluding hydrogens is 294 g/mol. The lowest BCUT2D eigenvalue weighted by Gasteiger charge is -2.10. The zero-order valence-corrected chi connectivity index (χ0v) is 11.8. The molecule has 0 amide bonds. The average Bonchev–Trinajstić information content (AvgIpc) is 2.32. The summed E-state index contributed by atoms with van der Waals surface area (Å²) in [7, 11) is 0. The third-order valence-corrected chi connectivity index (χ3v) is 3.43. The third kappa shape index (κ3) is 3.14. The van der Waals surface area contributed by atoms with Crippen molar-refractivity contribution in [3.63, 3.8) is 0 Å². The summed E-state index contributed by atoms with van der Waals surface area (Å²) in [6.07, 6.45) is 0. The van der Waals surface area contributed by atoms with E-state index in [-0.39, 0.29) is 0 Å². The maximum atomic E-state index is 5.39. The molecule has 1 N–H and O–H groups in total. The number of benzene rings is 2. The maximum absolute atomic E-state index is 5.39. The summed E-state index contributed by atoms with van der Waals surface area (Å²) in [5.41, 5.74) is 3.23. The highest BCUT2D eigenvalue weighted by atomic mass is 79.9. The van der Waals surface area contributed by atoms with Crippen molar-refractivity contribution in [3.05, 3.63) is 64.1 Å². The lowest BCUT2D eigenvalue weighted by Crippen LogP contribution is -2.10. The fraction of sp³-hybridized carbons (Fsp3) is 0.0714. The van der Waals surface area contributed by atoms with Gasteiger partial charge in [-0.25, -0.2) is 0 Å². The van der Waals surface area contributed by atoms with Gasteiger partial charge in [-0.2, -0.15) is 0 Å². The van der Waals surface area contributed by atoms with Crippen molar-refractivity contribution in [2.45, 2.75) is 6.92 Å². The number of thiocarbonyl (C=S) groups is 1. The first-order valence-corrected chi connectivity index (χ1v) is 6.49. The van der Waals surface area contributed by atoms with E-state index in [0.29, 0.717) is 0 Å². The molecule has 0 fully saturated rings. The molecule has 0 saturated carbocycles. The first-order valence-electron chi connectivity index (χ1n) is 5.29. The normalized spacial score (nSPS) is 10.0. The van der Waals surface area contributed by atoms with Crippen LogP contribution in [-0.2, 0) is 0 Å². The van der Waals surface area contributed by atoms with Gasteiger partial charge in [0.2, 0.25) is 0 Å². The number of anilines is 1. The second-order valence-corrected chi connectivity index (χ2v) is 5.07. The molecule has 0 aliphatic carbocycles. The van der Waals surface area contributed by atoms with Gasteiger partial charge in [-0.05, 0) is 41.1 Å². The molecule has 0 heterocycles. The van der Waals surface area contributed by atoms with Crippen LogP contribution in [0.3, 0.4) is 0 Å². The van der Waals surface area contributed by atoms with E-state index in [1.54, 1.807) is 0 Å². The van der Waals surface area contributed by atoms with Gasteiger partial charge in [-0.3, -0.25) is 0 Å². The summed E-state index contributed by atoms with van der Waals surface area (Å²) in [5, 5.41) is 3.24. The van der Waals surface area contributed by atoms with Crippen molar-refractivity contribution in [1.29, 1.82) is 0 Å². The summed E-state index contributed by atoms with van der Waals surface area (Å²) in [4.78, 5) is 0.737. The lowest BCUT2D eigenvalue weighted by atomic mass is 10.1. The Bertz CT molecular complexity index is 551. The molecule has 0 atom stereocenters. The highest BCUT2D eigenvalue weighted by molar-refractivity contribution is 9.10. The molecule has 2 rings (SSSR count). The number of nitrogens with one attached hydrogen (secondary N) is 1. The second kappa shape index (κ2) is 5.43. The minimum Gasteiger partial charge on any atom is -0.345 e. The average molecular weight is 306 g/mol. The predicted molar refractivity (Wildman–Crippen MR) is 80.6 cm³/mol.